The van der Waals surface area contributed by atoms with E-state index in [1.807, 2.05) is 0 Å². The Kier molecular flexibility index (Phi) is 4.00. The van der Waals surface area contributed by atoms with Crippen molar-refractivity contribution < 1.29 is 9.18 Å². The highest BCUT2D eigenvalue weighted by Crippen LogP contribution is 2.18. The van der Waals surface area contributed by atoms with Crippen LogP contribution in [-0.2, 0) is 11.2 Å². The minimum absolute atomic E-state index is 0.0569. The van der Waals surface area contributed by atoms with Crippen LogP contribution in [0, 0.1) is 5.82 Å². The zero-order valence-electron chi connectivity index (χ0n) is 9.51. The molecule has 1 N–H and O–H groups in total. The first kappa shape index (κ1) is 12.4. The van der Waals surface area contributed by atoms with Crippen molar-refractivity contribution in [1.29, 1.82) is 0 Å². The van der Waals surface area contributed by atoms with Crippen LogP contribution in [0.4, 0.5) is 4.39 Å². The molecule has 0 atom stereocenters. The lowest BCUT2D eigenvalue weighted by molar-refractivity contribution is -0.121. The van der Waals surface area contributed by atoms with E-state index in [1.165, 1.54) is 25.0 Å². The summed E-state index contributed by atoms with van der Waals surface area (Å²) in [7, 11) is 0. The van der Waals surface area contributed by atoms with Gasteiger partial charge in [0.15, 0.2) is 0 Å². The molecule has 0 aliphatic heterocycles. The zero-order valence-corrected chi connectivity index (χ0v) is 10.3. The molecule has 0 radical (unpaired) electrons. The van der Waals surface area contributed by atoms with Gasteiger partial charge in [-0.05, 0) is 36.6 Å². The number of hydrogen-bond acceptors (Lipinski definition) is 1. The van der Waals surface area contributed by atoms with E-state index in [1.54, 1.807) is 6.07 Å². The van der Waals surface area contributed by atoms with Crippen LogP contribution in [-0.4, -0.2) is 11.9 Å². The Labute approximate surface area is 105 Å². The van der Waals surface area contributed by atoms with Crippen LogP contribution < -0.4 is 5.32 Å². The summed E-state index contributed by atoms with van der Waals surface area (Å²) in [6.45, 7) is 0. The van der Waals surface area contributed by atoms with Gasteiger partial charge in [0, 0.05) is 11.1 Å². The van der Waals surface area contributed by atoms with Gasteiger partial charge in [0.05, 0.1) is 6.42 Å². The highest BCUT2D eigenvalue weighted by Gasteiger charge is 2.17. The molecule has 0 spiro atoms. The molecule has 0 bridgehead atoms. The first-order valence-corrected chi connectivity index (χ1v) is 6.25. The summed E-state index contributed by atoms with van der Waals surface area (Å²) >= 11 is 5.73. The molecule has 0 saturated heterocycles. The Morgan fingerprint density at radius 1 is 1.35 bits per heavy atom. The second-order valence-corrected chi connectivity index (χ2v) is 4.94. The van der Waals surface area contributed by atoms with Gasteiger partial charge in [0.1, 0.15) is 5.82 Å². The number of nitrogens with one attached hydrogen (secondary N) is 1. The Bertz CT molecular complexity index is 396. The predicted octanol–water partition coefficient (Wildman–Crippen LogP) is 3.08. The van der Waals surface area contributed by atoms with Crippen LogP contribution in [0.25, 0.3) is 0 Å². The number of amides is 1. The number of hydrogen-bond donors (Lipinski definition) is 1. The molecule has 1 aliphatic rings. The maximum atomic E-state index is 13.1. The van der Waals surface area contributed by atoms with Gasteiger partial charge in [-0.3, -0.25) is 4.79 Å². The van der Waals surface area contributed by atoms with Gasteiger partial charge in [-0.1, -0.05) is 24.4 Å². The van der Waals surface area contributed by atoms with E-state index in [9.17, 15) is 9.18 Å². The van der Waals surface area contributed by atoms with Gasteiger partial charge in [-0.15, -0.1) is 0 Å². The van der Waals surface area contributed by atoms with E-state index in [2.05, 4.69) is 5.32 Å². The monoisotopic (exact) mass is 255 g/mol. The van der Waals surface area contributed by atoms with Crippen molar-refractivity contribution >= 4 is 17.5 Å². The Morgan fingerprint density at radius 3 is 2.71 bits per heavy atom. The van der Waals surface area contributed by atoms with E-state index >= 15 is 0 Å². The Morgan fingerprint density at radius 2 is 2.06 bits per heavy atom. The molecule has 4 heteroatoms. The van der Waals surface area contributed by atoms with Crippen LogP contribution in [0.5, 0.6) is 0 Å². The Balaban J connectivity index is 1.92. The normalized spacial score (nSPS) is 16.1. The predicted molar refractivity (Wildman–Crippen MR) is 65.5 cm³/mol. The molecular formula is C13H15ClFNO. The molecule has 0 heterocycles. The van der Waals surface area contributed by atoms with Gasteiger partial charge < -0.3 is 5.32 Å². The molecule has 92 valence electrons. The fraction of sp³-hybridized carbons (Fsp3) is 0.462. The summed E-state index contributed by atoms with van der Waals surface area (Å²) in [5.41, 5.74) is 0.616. The third kappa shape index (κ3) is 3.70. The second-order valence-electron chi connectivity index (χ2n) is 4.50. The van der Waals surface area contributed by atoms with Crippen molar-refractivity contribution in [2.45, 2.75) is 38.1 Å². The van der Waals surface area contributed by atoms with E-state index in [-0.39, 0.29) is 12.3 Å². The molecular weight excluding hydrogens is 241 g/mol. The van der Waals surface area contributed by atoms with Gasteiger partial charge >= 0.3 is 0 Å². The molecule has 17 heavy (non-hydrogen) atoms. The molecule has 0 unspecified atom stereocenters. The minimum Gasteiger partial charge on any atom is -0.353 e. The average Bonchev–Trinajstić information content (AvgIpc) is 2.67. The Hall–Kier alpha value is -1.09. The molecule has 2 nitrogen and oxygen atoms in total. The first-order chi connectivity index (χ1) is 8.13. The maximum Gasteiger partial charge on any atom is 0.224 e. The quantitative estimate of drug-likeness (QED) is 0.884. The number of halogens is 2. The standard InChI is InChI=1S/C13H15ClFNO/c14-10-5-9(6-11(15)8-10)7-13(17)16-12-3-1-2-4-12/h5-6,8,12H,1-4,7H2,(H,16,17). The summed E-state index contributed by atoms with van der Waals surface area (Å²) in [6, 6.07) is 4.50. The van der Waals surface area contributed by atoms with Crippen molar-refractivity contribution in [2.75, 3.05) is 0 Å². The molecule has 1 aromatic rings. The summed E-state index contributed by atoms with van der Waals surface area (Å²) in [5, 5.41) is 3.29. The SMILES string of the molecule is O=C(Cc1cc(F)cc(Cl)c1)NC1CCCC1. The van der Waals surface area contributed by atoms with Gasteiger partial charge in [0.25, 0.3) is 0 Å². The number of carbonyl (C=O) groups is 1. The topological polar surface area (TPSA) is 29.1 Å². The van der Waals surface area contributed by atoms with Crippen LogP contribution in [0.3, 0.4) is 0 Å². The average molecular weight is 256 g/mol. The summed E-state index contributed by atoms with van der Waals surface area (Å²) in [5.74, 6) is -0.459. The molecule has 1 fully saturated rings. The fourth-order valence-corrected chi connectivity index (χ4v) is 2.49. The molecule has 1 saturated carbocycles. The maximum absolute atomic E-state index is 13.1. The van der Waals surface area contributed by atoms with E-state index in [4.69, 9.17) is 11.6 Å². The zero-order chi connectivity index (χ0) is 12.3. The first-order valence-electron chi connectivity index (χ1n) is 5.88. The smallest absolute Gasteiger partial charge is 0.224 e. The van der Waals surface area contributed by atoms with Crippen LogP contribution in [0.1, 0.15) is 31.2 Å². The summed E-state index contributed by atoms with van der Waals surface area (Å²) in [4.78, 5) is 11.7. The lowest BCUT2D eigenvalue weighted by Gasteiger charge is -2.11. The number of carbonyl (C=O) groups excluding carboxylic acids is 1. The minimum atomic E-state index is -0.402. The molecule has 1 aromatic carbocycles. The summed E-state index contributed by atoms with van der Waals surface area (Å²) in [6.07, 6.45) is 4.65. The van der Waals surface area contributed by atoms with Gasteiger partial charge in [0.2, 0.25) is 5.91 Å². The van der Waals surface area contributed by atoms with Crippen molar-refractivity contribution in [2.24, 2.45) is 0 Å². The van der Waals surface area contributed by atoms with Gasteiger partial charge in [-0.2, -0.15) is 0 Å². The van der Waals surface area contributed by atoms with E-state index in [0.29, 0.717) is 16.6 Å². The third-order valence-electron chi connectivity index (χ3n) is 3.01. The highest BCUT2D eigenvalue weighted by atomic mass is 35.5. The fourth-order valence-electron chi connectivity index (χ4n) is 2.25. The van der Waals surface area contributed by atoms with Crippen LogP contribution in [0.15, 0.2) is 18.2 Å². The molecule has 2 rings (SSSR count). The van der Waals surface area contributed by atoms with E-state index in [0.717, 1.165) is 12.8 Å². The van der Waals surface area contributed by atoms with Crippen molar-refractivity contribution in [3.05, 3.63) is 34.6 Å². The lowest BCUT2D eigenvalue weighted by atomic mass is 10.1. The summed E-state index contributed by atoms with van der Waals surface area (Å²) < 4.78 is 13.1. The molecule has 1 amide bonds. The van der Waals surface area contributed by atoms with Crippen LogP contribution in [0.2, 0.25) is 5.02 Å². The van der Waals surface area contributed by atoms with Crippen LogP contribution >= 0.6 is 11.6 Å². The van der Waals surface area contributed by atoms with Crippen molar-refractivity contribution in [3.8, 4) is 0 Å². The lowest BCUT2D eigenvalue weighted by Crippen LogP contribution is -2.33. The van der Waals surface area contributed by atoms with E-state index < -0.39 is 5.82 Å². The van der Waals surface area contributed by atoms with Gasteiger partial charge in [-0.25, -0.2) is 4.39 Å². The largest absolute Gasteiger partial charge is 0.353 e. The second kappa shape index (κ2) is 5.50. The van der Waals surface area contributed by atoms with Crippen molar-refractivity contribution in [3.63, 3.8) is 0 Å². The number of benzene rings is 1. The third-order valence-corrected chi connectivity index (χ3v) is 3.23. The molecule has 1 aliphatic carbocycles. The molecule has 0 aromatic heterocycles. The highest BCUT2D eigenvalue weighted by molar-refractivity contribution is 6.30. The number of rotatable bonds is 3. The van der Waals surface area contributed by atoms with Crippen molar-refractivity contribution in [1.82, 2.24) is 5.32 Å².